The third kappa shape index (κ3) is 4.68. The Morgan fingerprint density at radius 2 is 1.76 bits per heavy atom. The molecular weight excluding hydrogens is 388 g/mol. The van der Waals surface area contributed by atoms with Gasteiger partial charge in [0.05, 0.1) is 23.7 Å². The second-order valence-corrected chi connectivity index (χ2v) is 7.58. The normalized spacial score (nSPS) is 11.6. The minimum atomic E-state index is -0.394. The number of Topliss-reactive ketones (excluding diaryl/α,β-unsaturated/α-hetero) is 1. The van der Waals surface area contributed by atoms with Crippen molar-refractivity contribution in [2.24, 2.45) is 4.99 Å². The first-order valence-corrected chi connectivity index (χ1v) is 10.1. The third-order valence-corrected chi connectivity index (χ3v) is 5.70. The molecule has 6 nitrogen and oxygen atoms in total. The van der Waals surface area contributed by atoms with E-state index in [1.54, 1.807) is 24.3 Å². The number of hydrogen-bond donors (Lipinski definition) is 0. The summed E-state index contributed by atoms with van der Waals surface area (Å²) < 4.78 is 7.62. The largest absolute Gasteiger partial charge is 0.469 e. The Morgan fingerprint density at radius 3 is 2.38 bits per heavy atom. The highest BCUT2D eigenvalue weighted by molar-refractivity contribution is 7.16. The molecule has 3 rings (SSSR count). The number of thiazole rings is 1. The highest BCUT2D eigenvalue weighted by atomic mass is 32.1. The lowest BCUT2D eigenvalue weighted by molar-refractivity contribution is -0.140. The van der Waals surface area contributed by atoms with Crippen LogP contribution in [0.25, 0.3) is 10.2 Å². The molecule has 0 fully saturated rings. The Labute approximate surface area is 172 Å². The number of aryl methyl sites for hydroxylation is 2. The molecule has 0 unspecified atom stereocenters. The first kappa shape index (κ1) is 20.7. The number of esters is 1. The zero-order valence-electron chi connectivity index (χ0n) is 16.6. The quantitative estimate of drug-likeness (QED) is 0.458. The third-order valence-electron chi connectivity index (χ3n) is 4.66. The summed E-state index contributed by atoms with van der Waals surface area (Å²) in [6.45, 7) is 3.93. The molecule has 0 radical (unpaired) electrons. The van der Waals surface area contributed by atoms with Crippen molar-refractivity contribution in [3.8, 4) is 0 Å². The average Bonchev–Trinajstić information content (AvgIpc) is 3.07. The summed E-state index contributed by atoms with van der Waals surface area (Å²) in [6, 6.07) is 12.6. The average molecular weight is 410 g/mol. The van der Waals surface area contributed by atoms with Crippen LogP contribution < -0.4 is 4.80 Å². The van der Waals surface area contributed by atoms with Gasteiger partial charge in [0.1, 0.15) is 0 Å². The number of ether oxygens (including phenoxy) is 1. The number of carbonyl (C=O) groups excluding carboxylic acids is 3. The van der Waals surface area contributed by atoms with Gasteiger partial charge in [-0.2, -0.15) is 4.99 Å². The van der Waals surface area contributed by atoms with Gasteiger partial charge in [-0.05, 0) is 43.2 Å². The number of rotatable bonds is 6. The van der Waals surface area contributed by atoms with E-state index in [0.717, 1.165) is 16.6 Å². The zero-order chi connectivity index (χ0) is 21.0. The zero-order valence-corrected chi connectivity index (χ0v) is 17.4. The van der Waals surface area contributed by atoms with Crippen LogP contribution in [-0.2, 0) is 22.5 Å². The van der Waals surface area contributed by atoms with Crippen molar-refractivity contribution in [2.45, 2.75) is 33.2 Å². The van der Waals surface area contributed by atoms with Gasteiger partial charge in [0.15, 0.2) is 10.6 Å². The molecule has 1 heterocycles. The van der Waals surface area contributed by atoms with Gasteiger partial charge in [0, 0.05) is 17.7 Å². The maximum atomic E-state index is 12.7. The summed E-state index contributed by atoms with van der Waals surface area (Å²) in [5, 5.41) is 0. The molecule has 1 amide bonds. The maximum Gasteiger partial charge on any atom is 0.307 e. The summed E-state index contributed by atoms with van der Waals surface area (Å²) in [5.41, 5.74) is 3.07. The Balaban J connectivity index is 2.04. The first-order chi connectivity index (χ1) is 13.9. The van der Waals surface area contributed by atoms with Gasteiger partial charge in [0.2, 0.25) is 0 Å². The lowest BCUT2D eigenvalue weighted by Gasteiger charge is -2.05. The molecule has 0 N–H and O–H groups in total. The van der Waals surface area contributed by atoms with Crippen molar-refractivity contribution < 1.29 is 19.1 Å². The fraction of sp³-hybridized carbons (Fsp3) is 0.273. The molecule has 7 heteroatoms. The van der Waals surface area contributed by atoms with E-state index in [1.807, 2.05) is 16.7 Å². The smallest absolute Gasteiger partial charge is 0.307 e. The molecule has 0 bridgehead atoms. The van der Waals surface area contributed by atoms with Gasteiger partial charge in [0.25, 0.3) is 5.91 Å². The Hall–Kier alpha value is -3.06. The van der Waals surface area contributed by atoms with Crippen LogP contribution in [0.1, 0.15) is 46.5 Å². The van der Waals surface area contributed by atoms with Gasteiger partial charge in [-0.1, -0.05) is 36.5 Å². The molecule has 29 heavy (non-hydrogen) atoms. The van der Waals surface area contributed by atoms with Crippen LogP contribution in [0.3, 0.4) is 0 Å². The van der Waals surface area contributed by atoms with Crippen molar-refractivity contribution in [3.05, 3.63) is 64.0 Å². The van der Waals surface area contributed by atoms with Gasteiger partial charge < -0.3 is 9.30 Å². The van der Waals surface area contributed by atoms with E-state index < -0.39 is 5.91 Å². The molecule has 1 aromatic heterocycles. The van der Waals surface area contributed by atoms with E-state index in [4.69, 9.17) is 4.74 Å². The van der Waals surface area contributed by atoms with E-state index >= 15 is 0 Å². The molecule has 0 aliphatic rings. The lowest BCUT2D eigenvalue weighted by atomic mass is 10.1. The topological polar surface area (TPSA) is 77.7 Å². The number of nitrogens with zero attached hydrogens (tertiary/aromatic N) is 2. The van der Waals surface area contributed by atoms with E-state index in [1.165, 1.54) is 30.9 Å². The second kappa shape index (κ2) is 8.96. The fourth-order valence-corrected chi connectivity index (χ4v) is 4.06. The van der Waals surface area contributed by atoms with Crippen LogP contribution in [-0.4, -0.2) is 29.3 Å². The lowest BCUT2D eigenvalue weighted by Crippen LogP contribution is -2.19. The molecule has 0 atom stereocenters. The van der Waals surface area contributed by atoms with Crippen molar-refractivity contribution in [2.75, 3.05) is 7.11 Å². The van der Waals surface area contributed by atoms with Crippen LogP contribution in [0.4, 0.5) is 0 Å². The fourth-order valence-electron chi connectivity index (χ4n) is 2.94. The number of ketones is 1. The predicted octanol–water partition coefficient (Wildman–Crippen LogP) is 3.77. The molecule has 0 aliphatic carbocycles. The van der Waals surface area contributed by atoms with Gasteiger partial charge >= 0.3 is 5.97 Å². The number of carbonyl (C=O) groups is 3. The van der Waals surface area contributed by atoms with Crippen LogP contribution in [0.2, 0.25) is 0 Å². The monoisotopic (exact) mass is 410 g/mol. The maximum absolute atomic E-state index is 12.7. The molecule has 2 aromatic carbocycles. The summed E-state index contributed by atoms with van der Waals surface area (Å²) in [6.07, 6.45) is 1.09. The summed E-state index contributed by atoms with van der Waals surface area (Å²) in [4.78, 5) is 40.6. The number of benzene rings is 2. The van der Waals surface area contributed by atoms with Crippen LogP contribution in [0, 0.1) is 0 Å². The van der Waals surface area contributed by atoms with Crippen molar-refractivity contribution >= 4 is 39.2 Å². The number of aromatic nitrogens is 1. The predicted molar refractivity (Wildman–Crippen MR) is 112 cm³/mol. The van der Waals surface area contributed by atoms with Gasteiger partial charge in [-0.15, -0.1) is 0 Å². The van der Waals surface area contributed by atoms with Crippen molar-refractivity contribution in [1.82, 2.24) is 4.57 Å². The minimum absolute atomic E-state index is 0.0576. The highest BCUT2D eigenvalue weighted by Crippen LogP contribution is 2.20. The first-order valence-electron chi connectivity index (χ1n) is 9.32. The molecule has 0 spiro atoms. The van der Waals surface area contributed by atoms with E-state index in [0.29, 0.717) is 22.5 Å². The number of hydrogen-bond acceptors (Lipinski definition) is 5. The van der Waals surface area contributed by atoms with Crippen molar-refractivity contribution in [1.29, 1.82) is 0 Å². The molecule has 0 aliphatic heterocycles. The molecular formula is C22H22N2O4S. The van der Waals surface area contributed by atoms with E-state index in [-0.39, 0.29) is 18.2 Å². The number of fused-ring (bicyclic) bond motifs is 1. The standard InChI is InChI=1S/C22H22N2O4S/c1-4-15-5-10-18-19(13-15)29-22(24(18)12-11-20(26)28-3)23-21(27)17-8-6-16(7-9-17)14(2)25/h5-10,13H,4,11-12H2,1-3H3. The van der Waals surface area contributed by atoms with E-state index in [9.17, 15) is 14.4 Å². The Bertz CT molecular complexity index is 1140. The number of amides is 1. The molecule has 0 saturated carbocycles. The number of methoxy groups -OCH3 is 1. The van der Waals surface area contributed by atoms with Crippen LogP contribution in [0.15, 0.2) is 47.5 Å². The van der Waals surface area contributed by atoms with Crippen LogP contribution >= 0.6 is 11.3 Å². The van der Waals surface area contributed by atoms with E-state index in [2.05, 4.69) is 18.0 Å². The molecule has 150 valence electrons. The minimum Gasteiger partial charge on any atom is -0.469 e. The SMILES string of the molecule is CCc1ccc2c(c1)sc(=NC(=O)c1ccc(C(C)=O)cc1)n2CCC(=O)OC. The highest BCUT2D eigenvalue weighted by Gasteiger charge is 2.12. The van der Waals surface area contributed by atoms with Crippen molar-refractivity contribution in [3.63, 3.8) is 0 Å². The summed E-state index contributed by atoms with van der Waals surface area (Å²) in [5.74, 6) is -0.772. The van der Waals surface area contributed by atoms with Gasteiger partial charge in [-0.3, -0.25) is 14.4 Å². The molecule has 0 saturated heterocycles. The summed E-state index contributed by atoms with van der Waals surface area (Å²) in [7, 11) is 1.35. The second-order valence-electron chi connectivity index (χ2n) is 6.57. The Kier molecular flexibility index (Phi) is 6.39. The van der Waals surface area contributed by atoms with Crippen LogP contribution in [0.5, 0.6) is 0 Å². The summed E-state index contributed by atoms with van der Waals surface area (Å²) >= 11 is 1.41. The van der Waals surface area contributed by atoms with Gasteiger partial charge in [-0.25, -0.2) is 0 Å². The molecule has 3 aromatic rings. The Morgan fingerprint density at radius 1 is 1.07 bits per heavy atom.